The van der Waals surface area contributed by atoms with E-state index in [9.17, 15) is 9.90 Å². The van der Waals surface area contributed by atoms with E-state index in [0.717, 1.165) is 33.2 Å². The first kappa shape index (κ1) is 24.2. The molecule has 35 heavy (non-hydrogen) atoms. The van der Waals surface area contributed by atoms with Gasteiger partial charge in [-0.15, -0.1) is 0 Å². The van der Waals surface area contributed by atoms with E-state index in [1.54, 1.807) is 27.4 Å². The van der Waals surface area contributed by atoms with Crippen LogP contribution in [0.3, 0.4) is 0 Å². The van der Waals surface area contributed by atoms with E-state index in [1.165, 1.54) is 0 Å². The molecule has 3 aromatic carbocycles. The van der Waals surface area contributed by atoms with Crippen LogP contribution in [0.5, 0.6) is 17.2 Å². The van der Waals surface area contributed by atoms with E-state index in [2.05, 4.69) is 10.3 Å². The number of aliphatic hydroxyl groups is 1. The van der Waals surface area contributed by atoms with E-state index in [4.69, 9.17) is 14.2 Å². The molecular formula is C28H30N2O5. The molecule has 0 aliphatic carbocycles. The summed E-state index contributed by atoms with van der Waals surface area (Å²) in [5, 5.41) is 14.0. The number of fused-ring (bicyclic) bond motifs is 1. The highest BCUT2D eigenvalue weighted by molar-refractivity contribution is 5.95. The quantitative estimate of drug-likeness (QED) is 0.332. The molecule has 4 aromatic rings. The van der Waals surface area contributed by atoms with Gasteiger partial charge in [0.1, 0.15) is 0 Å². The molecule has 0 bridgehead atoms. The second kappa shape index (κ2) is 10.5. The van der Waals surface area contributed by atoms with Crippen molar-refractivity contribution in [3.8, 4) is 28.4 Å². The summed E-state index contributed by atoms with van der Waals surface area (Å²) in [5.74, 6) is 1.41. The van der Waals surface area contributed by atoms with Gasteiger partial charge in [-0.3, -0.25) is 4.79 Å². The van der Waals surface area contributed by atoms with Crippen LogP contribution in [0, 0.1) is 6.92 Å². The molecule has 1 amide bonds. The molecule has 0 saturated heterocycles. The Labute approximate surface area is 204 Å². The summed E-state index contributed by atoms with van der Waals surface area (Å²) < 4.78 is 16.5. The third-order valence-electron chi connectivity index (χ3n) is 6.18. The van der Waals surface area contributed by atoms with Crippen LogP contribution in [-0.2, 0) is 6.42 Å². The summed E-state index contributed by atoms with van der Waals surface area (Å²) in [6, 6.07) is 16.8. The summed E-state index contributed by atoms with van der Waals surface area (Å²) >= 11 is 0. The Balaban J connectivity index is 1.56. The van der Waals surface area contributed by atoms with Gasteiger partial charge in [0.2, 0.25) is 5.75 Å². The Morgan fingerprint density at radius 1 is 0.971 bits per heavy atom. The number of carbonyl (C=O) groups is 1. The van der Waals surface area contributed by atoms with Gasteiger partial charge in [0.25, 0.3) is 5.91 Å². The Bertz CT molecular complexity index is 1340. The van der Waals surface area contributed by atoms with Gasteiger partial charge in [0.15, 0.2) is 11.5 Å². The third-order valence-corrected chi connectivity index (χ3v) is 6.18. The summed E-state index contributed by atoms with van der Waals surface area (Å²) in [7, 11) is 4.73. The molecule has 0 spiro atoms. The van der Waals surface area contributed by atoms with Gasteiger partial charge in [-0.05, 0) is 60.4 Å². The van der Waals surface area contributed by atoms with Crippen LogP contribution in [0.2, 0.25) is 0 Å². The largest absolute Gasteiger partial charge is 0.493 e. The molecular weight excluding hydrogens is 444 g/mol. The third kappa shape index (κ3) is 4.81. The van der Waals surface area contributed by atoms with Gasteiger partial charge in [-0.1, -0.05) is 24.3 Å². The molecule has 1 atom stereocenters. The highest BCUT2D eigenvalue weighted by Gasteiger charge is 2.20. The summed E-state index contributed by atoms with van der Waals surface area (Å²) in [6.45, 7) is 1.78. The molecule has 3 N–H and O–H groups in total. The van der Waals surface area contributed by atoms with Crippen molar-refractivity contribution in [2.45, 2.75) is 19.4 Å². The van der Waals surface area contributed by atoms with E-state index in [1.807, 2.05) is 61.7 Å². The van der Waals surface area contributed by atoms with Gasteiger partial charge in [-0.2, -0.15) is 0 Å². The van der Waals surface area contributed by atoms with Crippen molar-refractivity contribution in [1.29, 1.82) is 0 Å². The monoisotopic (exact) mass is 474 g/mol. The first-order valence-corrected chi connectivity index (χ1v) is 11.4. The van der Waals surface area contributed by atoms with Crippen molar-refractivity contribution in [3.05, 3.63) is 77.5 Å². The fourth-order valence-electron chi connectivity index (χ4n) is 4.42. The molecule has 0 unspecified atom stereocenters. The van der Waals surface area contributed by atoms with Gasteiger partial charge in [0.05, 0.1) is 34.0 Å². The predicted octanol–water partition coefficient (Wildman–Crippen LogP) is 4.50. The van der Waals surface area contributed by atoms with Crippen LogP contribution >= 0.6 is 0 Å². The molecule has 0 fully saturated rings. The van der Waals surface area contributed by atoms with Crippen molar-refractivity contribution in [1.82, 2.24) is 10.3 Å². The normalized spacial score (nSPS) is 11.8. The number of nitrogens with one attached hydrogen (secondary N) is 2. The zero-order valence-electron chi connectivity index (χ0n) is 20.3. The fourth-order valence-corrected chi connectivity index (χ4v) is 4.42. The van der Waals surface area contributed by atoms with E-state index in [0.29, 0.717) is 29.2 Å². The lowest BCUT2D eigenvalue weighted by molar-refractivity contribution is 0.0916. The minimum absolute atomic E-state index is 0.162. The van der Waals surface area contributed by atoms with Crippen LogP contribution in [-0.4, -0.2) is 50.0 Å². The molecule has 7 heteroatoms. The number of rotatable bonds is 9. The second-order valence-electron chi connectivity index (χ2n) is 8.33. The van der Waals surface area contributed by atoms with Crippen molar-refractivity contribution in [2.75, 3.05) is 27.9 Å². The number of hydrogen-bond donors (Lipinski definition) is 3. The van der Waals surface area contributed by atoms with Crippen LogP contribution in [0.15, 0.2) is 60.8 Å². The van der Waals surface area contributed by atoms with E-state index < -0.39 is 6.04 Å². The molecule has 1 heterocycles. The number of methoxy groups -OCH3 is 3. The minimum atomic E-state index is -0.410. The topological polar surface area (TPSA) is 92.8 Å². The number of ether oxygens (including phenoxy) is 3. The molecule has 7 nitrogen and oxygen atoms in total. The average molecular weight is 475 g/mol. The molecule has 1 aromatic heterocycles. The predicted molar refractivity (Wildman–Crippen MR) is 137 cm³/mol. The lowest BCUT2D eigenvalue weighted by Crippen LogP contribution is -2.39. The smallest absolute Gasteiger partial charge is 0.251 e. The van der Waals surface area contributed by atoms with Crippen molar-refractivity contribution < 1.29 is 24.1 Å². The molecule has 0 saturated carbocycles. The highest BCUT2D eigenvalue weighted by Crippen LogP contribution is 2.45. The summed E-state index contributed by atoms with van der Waals surface area (Å²) in [4.78, 5) is 16.3. The SMILES string of the molecule is COc1ccc(-c2ccc(C(=O)N[C@@H](CO)Cc3c[nH]c4ccccc34)cc2C)c(OC)c1OC. The summed E-state index contributed by atoms with van der Waals surface area (Å²) in [6.07, 6.45) is 2.45. The number of aryl methyl sites for hydroxylation is 1. The molecule has 0 radical (unpaired) electrons. The number of aromatic amines is 1. The van der Waals surface area contributed by atoms with Crippen LogP contribution in [0.25, 0.3) is 22.0 Å². The molecule has 4 rings (SSSR count). The lowest BCUT2D eigenvalue weighted by Gasteiger charge is -2.18. The number of H-pyrrole nitrogens is 1. The number of carbonyl (C=O) groups excluding carboxylic acids is 1. The highest BCUT2D eigenvalue weighted by atomic mass is 16.5. The zero-order chi connectivity index (χ0) is 24.9. The number of aliphatic hydroxyl groups excluding tert-OH is 1. The van der Waals surface area contributed by atoms with Crippen molar-refractivity contribution in [3.63, 3.8) is 0 Å². The minimum Gasteiger partial charge on any atom is -0.493 e. The fraction of sp³-hybridized carbons (Fsp3) is 0.250. The molecule has 0 aliphatic heterocycles. The van der Waals surface area contributed by atoms with Crippen LogP contribution < -0.4 is 19.5 Å². The standard InChI is InChI=1S/C28H30N2O5/c1-17-13-18(9-10-21(17)23-11-12-25(33-2)27(35-4)26(23)34-3)28(32)30-20(16-31)14-19-15-29-24-8-6-5-7-22(19)24/h5-13,15,20,29,31H,14,16H2,1-4H3,(H,30,32)/t20-/m1/s1. The maximum Gasteiger partial charge on any atom is 0.251 e. The molecule has 0 aliphatic rings. The van der Waals surface area contributed by atoms with Crippen LogP contribution in [0.4, 0.5) is 0 Å². The molecule has 182 valence electrons. The Hall–Kier alpha value is -3.97. The summed E-state index contributed by atoms with van der Waals surface area (Å²) in [5.41, 5.74) is 5.25. The Morgan fingerprint density at radius 2 is 1.71 bits per heavy atom. The second-order valence-corrected chi connectivity index (χ2v) is 8.33. The van der Waals surface area contributed by atoms with Gasteiger partial charge >= 0.3 is 0 Å². The average Bonchev–Trinajstić information content (AvgIpc) is 3.29. The van der Waals surface area contributed by atoms with Gasteiger partial charge in [0, 0.05) is 28.2 Å². The lowest BCUT2D eigenvalue weighted by atomic mass is 9.96. The van der Waals surface area contributed by atoms with Crippen molar-refractivity contribution in [2.24, 2.45) is 0 Å². The first-order chi connectivity index (χ1) is 17.0. The number of aromatic nitrogens is 1. The number of benzene rings is 3. The van der Waals surface area contributed by atoms with E-state index in [-0.39, 0.29) is 12.5 Å². The Kier molecular flexibility index (Phi) is 7.27. The Morgan fingerprint density at radius 3 is 2.40 bits per heavy atom. The van der Waals surface area contributed by atoms with E-state index >= 15 is 0 Å². The first-order valence-electron chi connectivity index (χ1n) is 11.4. The van der Waals surface area contributed by atoms with Crippen molar-refractivity contribution >= 4 is 16.8 Å². The number of para-hydroxylation sites is 1. The number of amides is 1. The maximum absolute atomic E-state index is 13.0. The number of hydrogen-bond acceptors (Lipinski definition) is 5. The maximum atomic E-state index is 13.0. The van der Waals surface area contributed by atoms with Gasteiger partial charge in [-0.25, -0.2) is 0 Å². The zero-order valence-corrected chi connectivity index (χ0v) is 20.3. The van der Waals surface area contributed by atoms with Crippen LogP contribution in [0.1, 0.15) is 21.5 Å². The van der Waals surface area contributed by atoms with Gasteiger partial charge < -0.3 is 29.6 Å².